The van der Waals surface area contributed by atoms with E-state index in [0.717, 1.165) is 12.8 Å². The molecule has 1 aromatic heterocycles. The highest BCUT2D eigenvalue weighted by molar-refractivity contribution is 5.77. The smallest absolute Gasteiger partial charge is 0.334 e. The Morgan fingerprint density at radius 1 is 1.53 bits per heavy atom. The van der Waals surface area contributed by atoms with Crippen molar-refractivity contribution in [2.45, 2.75) is 31.5 Å². The molecule has 1 fully saturated rings. The number of carbonyl (C=O) groups is 2. The van der Waals surface area contributed by atoms with Crippen LogP contribution in [0.1, 0.15) is 18.6 Å². The summed E-state index contributed by atoms with van der Waals surface area (Å²) in [6.07, 6.45) is 1.80. The van der Waals surface area contributed by atoms with Crippen LogP contribution in [0.25, 0.3) is 0 Å². The van der Waals surface area contributed by atoms with Crippen molar-refractivity contribution in [1.29, 1.82) is 0 Å². The van der Waals surface area contributed by atoms with Gasteiger partial charge < -0.3 is 24.8 Å². The van der Waals surface area contributed by atoms with Crippen LogP contribution in [0.2, 0.25) is 0 Å². The third kappa shape index (κ3) is 3.72. The average molecular weight is 268 g/mol. The quantitative estimate of drug-likeness (QED) is 0.693. The van der Waals surface area contributed by atoms with Crippen LogP contribution in [0, 0.1) is 0 Å². The number of rotatable bonds is 6. The highest BCUT2D eigenvalue weighted by Gasteiger charge is 2.33. The maximum absolute atomic E-state index is 11.9. The standard InChI is InChI=1S/C12H16N2O5/c15-10(11(16)17)6-13-12(18)14(8-3-4-8)7-9-2-1-5-19-9/h1-2,5,8,10,15H,3-4,6-7H2,(H,13,18)(H,16,17). The van der Waals surface area contributed by atoms with E-state index in [0.29, 0.717) is 12.3 Å². The normalized spacial score (nSPS) is 15.8. The van der Waals surface area contributed by atoms with Gasteiger partial charge in [0.1, 0.15) is 5.76 Å². The van der Waals surface area contributed by atoms with Crippen molar-refractivity contribution >= 4 is 12.0 Å². The molecule has 19 heavy (non-hydrogen) atoms. The number of hydrogen-bond acceptors (Lipinski definition) is 4. The van der Waals surface area contributed by atoms with Gasteiger partial charge in [0.05, 0.1) is 19.4 Å². The zero-order valence-electron chi connectivity index (χ0n) is 10.3. The molecule has 1 aliphatic rings. The molecule has 0 spiro atoms. The minimum atomic E-state index is -1.59. The molecule has 7 heteroatoms. The van der Waals surface area contributed by atoms with E-state index >= 15 is 0 Å². The van der Waals surface area contributed by atoms with Crippen LogP contribution in [-0.2, 0) is 11.3 Å². The van der Waals surface area contributed by atoms with Gasteiger partial charge in [-0.1, -0.05) is 0 Å². The van der Waals surface area contributed by atoms with Crippen LogP contribution in [0.5, 0.6) is 0 Å². The predicted octanol–water partition coefficient (Wildman–Crippen LogP) is 0.399. The summed E-state index contributed by atoms with van der Waals surface area (Å²) < 4.78 is 5.19. The molecular weight excluding hydrogens is 252 g/mol. The second-order valence-electron chi connectivity index (χ2n) is 4.48. The first-order valence-electron chi connectivity index (χ1n) is 6.05. The van der Waals surface area contributed by atoms with Crippen LogP contribution in [0.3, 0.4) is 0 Å². The maximum atomic E-state index is 11.9. The number of furan rings is 1. The van der Waals surface area contributed by atoms with Crippen LogP contribution in [-0.4, -0.2) is 45.8 Å². The number of carbonyl (C=O) groups excluding carboxylic acids is 1. The van der Waals surface area contributed by atoms with Gasteiger partial charge in [0, 0.05) is 6.04 Å². The van der Waals surface area contributed by atoms with Crippen molar-refractivity contribution in [3.8, 4) is 0 Å². The third-order valence-electron chi connectivity index (χ3n) is 2.89. The number of nitrogens with zero attached hydrogens (tertiary/aromatic N) is 1. The molecule has 1 aliphatic carbocycles. The summed E-state index contributed by atoms with van der Waals surface area (Å²) in [5, 5.41) is 20.1. The van der Waals surface area contributed by atoms with Gasteiger partial charge in [-0.3, -0.25) is 0 Å². The summed E-state index contributed by atoms with van der Waals surface area (Å²) in [5.41, 5.74) is 0. The molecule has 1 atom stereocenters. The van der Waals surface area contributed by atoms with Gasteiger partial charge in [-0.05, 0) is 25.0 Å². The van der Waals surface area contributed by atoms with Gasteiger partial charge in [-0.15, -0.1) is 0 Å². The van der Waals surface area contributed by atoms with Gasteiger partial charge in [0.25, 0.3) is 0 Å². The Kier molecular flexibility index (Phi) is 4.06. The number of carboxylic acid groups (broad SMARTS) is 1. The fraction of sp³-hybridized carbons (Fsp3) is 0.500. The van der Waals surface area contributed by atoms with Crippen LogP contribution in [0.15, 0.2) is 22.8 Å². The summed E-state index contributed by atoms with van der Waals surface area (Å²) >= 11 is 0. The summed E-state index contributed by atoms with van der Waals surface area (Å²) in [4.78, 5) is 24.0. The molecule has 0 radical (unpaired) electrons. The Labute approximate surface area is 109 Å². The Bertz CT molecular complexity index is 441. The Hall–Kier alpha value is -2.02. The van der Waals surface area contributed by atoms with Crippen LogP contribution in [0.4, 0.5) is 4.79 Å². The molecular formula is C12H16N2O5. The maximum Gasteiger partial charge on any atom is 0.334 e. The Morgan fingerprint density at radius 3 is 2.79 bits per heavy atom. The van der Waals surface area contributed by atoms with E-state index in [4.69, 9.17) is 14.6 Å². The number of aliphatic hydroxyl groups excluding tert-OH is 1. The van der Waals surface area contributed by atoms with Crippen molar-refractivity contribution in [2.75, 3.05) is 6.54 Å². The van der Waals surface area contributed by atoms with Crippen molar-refractivity contribution in [1.82, 2.24) is 10.2 Å². The number of aliphatic carboxylic acids is 1. The van der Waals surface area contributed by atoms with Crippen LogP contribution >= 0.6 is 0 Å². The first-order valence-corrected chi connectivity index (χ1v) is 6.05. The summed E-state index contributed by atoms with van der Waals surface area (Å²) in [6.45, 7) is 0.0300. The van der Waals surface area contributed by atoms with Gasteiger partial charge in [0.15, 0.2) is 6.10 Å². The third-order valence-corrected chi connectivity index (χ3v) is 2.89. The largest absolute Gasteiger partial charge is 0.479 e. The molecule has 2 amide bonds. The zero-order chi connectivity index (χ0) is 13.8. The molecule has 0 saturated heterocycles. The lowest BCUT2D eigenvalue weighted by molar-refractivity contribution is -0.146. The first-order chi connectivity index (χ1) is 9.08. The minimum Gasteiger partial charge on any atom is -0.479 e. The van der Waals surface area contributed by atoms with Crippen molar-refractivity contribution in [3.05, 3.63) is 24.2 Å². The lowest BCUT2D eigenvalue weighted by Gasteiger charge is -2.22. The summed E-state index contributed by atoms with van der Waals surface area (Å²) in [5.74, 6) is -0.690. The predicted molar refractivity (Wildman–Crippen MR) is 64.3 cm³/mol. The number of hydrogen-bond donors (Lipinski definition) is 3. The first kappa shape index (κ1) is 13.4. The minimum absolute atomic E-state index is 0.159. The van der Waals surface area contributed by atoms with Crippen LogP contribution < -0.4 is 5.32 Å². The molecule has 1 aromatic rings. The topological polar surface area (TPSA) is 103 Å². The van der Waals surface area contributed by atoms with E-state index in [2.05, 4.69) is 5.32 Å². The molecule has 0 bridgehead atoms. The van der Waals surface area contributed by atoms with Gasteiger partial charge in [-0.2, -0.15) is 0 Å². The van der Waals surface area contributed by atoms with E-state index in [1.54, 1.807) is 17.0 Å². The number of amides is 2. The highest BCUT2D eigenvalue weighted by atomic mass is 16.4. The highest BCUT2D eigenvalue weighted by Crippen LogP contribution is 2.28. The van der Waals surface area contributed by atoms with Gasteiger partial charge in [0.2, 0.25) is 0 Å². The second kappa shape index (κ2) is 5.75. The van der Waals surface area contributed by atoms with Crippen molar-refractivity contribution in [3.63, 3.8) is 0 Å². The Morgan fingerprint density at radius 2 is 2.26 bits per heavy atom. The average Bonchev–Trinajstić information content (AvgIpc) is 3.09. The number of aliphatic hydroxyl groups is 1. The molecule has 1 saturated carbocycles. The number of carboxylic acids is 1. The summed E-state index contributed by atoms with van der Waals surface area (Å²) in [6, 6.07) is 3.28. The van der Waals surface area contributed by atoms with E-state index in [1.807, 2.05) is 0 Å². The molecule has 7 nitrogen and oxygen atoms in total. The molecule has 2 rings (SSSR count). The van der Waals surface area contributed by atoms with Crippen molar-refractivity contribution in [2.24, 2.45) is 0 Å². The monoisotopic (exact) mass is 268 g/mol. The van der Waals surface area contributed by atoms with Gasteiger partial charge in [-0.25, -0.2) is 9.59 Å². The molecule has 1 unspecified atom stereocenters. The fourth-order valence-corrected chi connectivity index (χ4v) is 1.70. The van der Waals surface area contributed by atoms with E-state index < -0.39 is 12.1 Å². The van der Waals surface area contributed by atoms with E-state index in [9.17, 15) is 9.59 Å². The molecule has 104 valence electrons. The zero-order valence-corrected chi connectivity index (χ0v) is 10.3. The fourth-order valence-electron chi connectivity index (χ4n) is 1.70. The Balaban J connectivity index is 1.88. The van der Waals surface area contributed by atoms with Crippen molar-refractivity contribution < 1.29 is 24.2 Å². The summed E-state index contributed by atoms with van der Waals surface area (Å²) in [7, 11) is 0. The second-order valence-corrected chi connectivity index (χ2v) is 4.48. The van der Waals surface area contributed by atoms with E-state index in [1.165, 1.54) is 6.26 Å². The lowest BCUT2D eigenvalue weighted by Crippen LogP contribution is -2.45. The lowest BCUT2D eigenvalue weighted by atomic mass is 10.3. The number of nitrogens with one attached hydrogen (secondary N) is 1. The van der Waals surface area contributed by atoms with Gasteiger partial charge >= 0.3 is 12.0 Å². The molecule has 0 aliphatic heterocycles. The molecule has 0 aromatic carbocycles. The molecule has 3 N–H and O–H groups in total. The van der Waals surface area contributed by atoms with E-state index in [-0.39, 0.29) is 18.6 Å². The molecule has 1 heterocycles. The number of urea groups is 1. The SMILES string of the molecule is O=C(O)C(O)CNC(=O)N(Cc1ccco1)C1CC1.